The van der Waals surface area contributed by atoms with Crippen molar-refractivity contribution in [2.24, 2.45) is 0 Å². The summed E-state index contributed by atoms with van der Waals surface area (Å²) < 4.78 is 10.5. The van der Waals surface area contributed by atoms with Gasteiger partial charge in [-0.3, -0.25) is 9.59 Å². The minimum absolute atomic E-state index is 0.0632. The lowest BCUT2D eigenvalue weighted by molar-refractivity contribution is -0.152. The molecule has 2 aromatic carbocycles. The molecule has 0 radical (unpaired) electrons. The van der Waals surface area contributed by atoms with Gasteiger partial charge in [0.15, 0.2) is 6.10 Å². The van der Waals surface area contributed by atoms with Crippen LogP contribution in [-0.2, 0) is 20.7 Å². The Hall–Kier alpha value is -3.79. The number of carbonyl (C=O) groups excluding carboxylic acids is 2. The number of phenols is 1. The highest BCUT2D eigenvalue weighted by Gasteiger charge is 2.19. The summed E-state index contributed by atoms with van der Waals surface area (Å²) in [7, 11) is 0. The molecule has 7 nitrogen and oxygen atoms in total. The molecular formula is C20H16N2O5. The lowest BCUT2D eigenvalue weighted by Gasteiger charge is -2.13. The fourth-order valence-electron chi connectivity index (χ4n) is 2.53. The number of nitrogens with zero attached hydrogens (tertiary/aromatic N) is 1. The van der Waals surface area contributed by atoms with Crippen molar-refractivity contribution in [1.82, 2.24) is 0 Å². The highest BCUT2D eigenvalue weighted by Crippen LogP contribution is 2.25. The zero-order chi connectivity index (χ0) is 19.4. The third-order valence-corrected chi connectivity index (χ3v) is 3.93. The molecule has 27 heavy (non-hydrogen) atoms. The molecule has 1 atom stereocenters. The fourth-order valence-corrected chi connectivity index (χ4v) is 2.53. The summed E-state index contributed by atoms with van der Waals surface area (Å²) in [5.74, 6) is -0.984. The third-order valence-electron chi connectivity index (χ3n) is 3.93. The van der Waals surface area contributed by atoms with Gasteiger partial charge in [-0.05, 0) is 43.3 Å². The van der Waals surface area contributed by atoms with Crippen molar-refractivity contribution in [2.75, 3.05) is 5.32 Å². The van der Waals surface area contributed by atoms with E-state index >= 15 is 0 Å². The molecule has 0 spiro atoms. The van der Waals surface area contributed by atoms with E-state index < -0.39 is 18.0 Å². The molecule has 1 amide bonds. The van der Waals surface area contributed by atoms with E-state index in [0.29, 0.717) is 27.8 Å². The minimum Gasteiger partial charge on any atom is -0.508 e. The SMILES string of the molecule is C[C@H](OC(=O)Cc1coc2cc(O)ccc12)C(=O)Nc1ccc(C#N)cc1. The van der Waals surface area contributed by atoms with Crippen molar-refractivity contribution >= 4 is 28.5 Å². The molecule has 3 aromatic rings. The van der Waals surface area contributed by atoms with Gasteiger partial charge in [-0.2, -0.15) is 5.26 Å². The molecule has 7 heteroatoms. The number of anilines is 1. The second-order valence-corrected chi connectivity index (χ2v) is 5.93. The van der Waals surface area contributed by atoms with E-state index in [-0.39, 0.29) is 12.2 Å². The van der Waals surface area contributed by atoms with Gasteiger partial charge in [0.1, 0.15) is 11.3 Å². The maximum absolute atomic E-state index is 12.2. The largest absolute Gasteiger partial charge is 0.508 e. The van der Waals surface area contributed by atoms with Gasteiger partial charge >= 0.3 is 5.97 Å². The number of furan rings is 1. The number of ether oxygens (including phenoxy) is 1. The van der Waals surface area contributed by atoms with Crippen LogP contribution < -0.4 is 5.32 Å². The average molecular weight is 364 g/mol. The number of esters is 1. The zero-order valence-corrected chi connectivity index (χ0v) is 14.4. The summed E-state index contributed by atoms with van der Waals surface area (Å²) in [6.45, 7) is 1.47. The first kappa shape index (κ1) is 18.0. The summed E-state index contributed by atoms with van der Waals surface area (Å²) in [5.41, 5.74) is 2.05. The van der Waals surface area contributed by atoms with Gasteiger partial charge in [0.2, 0.25) is 0 Å². The molecule has 0 aliphatic heterocycles. The summed E-state index contributed by atoms with van der Waals surface area (Å²) in [5, 5.41) is 21.5. The smallest absolute Gasteiger partial charge is 0.311 e. The molecule has 3 rings (SSSR count). The summed E-state index contributed by atoms with van der Waals surface area (Å²) >= 11 is 0. The number of hydrogen-bond donors (Lipinski definition) is 2. The second-order valence-electron chi connectivity index (χ2n) is 5.93. The number of benzene rings is 2. The predicted molar refractivity (Wildman–Crippen MR) is 96.9 cm³/mol. The molecule has 0 unspecified atom stereocenters. The first-order valence-electron chi connectivity index (χ1n) is 8.16. The number of aromatic hydroxyl groups is 1. The highest BCUT2D eigenvalue weighted by atomic mass is 16.5. The molecule has 1 heterocycles. The lowest BCUT2D eigenvalue weighted by Crippen LogP contribution is -2.30. The van der Waals surface area contributed by atoms with Crippen LogP contribution in [0.5, 0.6) is 5.75 Å². The van der Waals surface area contributed by atoms with E-state index in [1.165, 1.54) is 25.3 Å². The van der Waals surface area contributed by atoms with Gasteiger partial charge < -0.3 is 19.6 Å². The molecule has 0 aliphatic rings. The Bertz CT molecular complexity index is 1030. The van der Waals surface area contributed by atoms with Crippen molar-refractivity contribution in [3.05, 3.63) is 59.9 Å². The maximum atomic E-state index is 12.2. The van der Waals surface area contributed by atoms with Crippen molar-refractivity contribution in [1.29, 1.82) is 5.26 Å². The summed E-state index contributed by atoms with van der Waals surface area (Å²) in [6, 6.07) is 12.9. The number of fused-ring (bicyclic) bond motifs is 1. The lowest BCUT2D eigenvalue weighted by atomic mass is 10.1. The van der Waals surface area contributed by atoms with Crippen molar-refractivity contribution < 1.29 is 23.8 Å². The number of phenolic OH excluding ortho intramolecular Hbond substituents is 1. The molecule has 136 valence electrons. The van der Waals surface area contributed by atoms with Crippen LogP contribution in [0.2, 0.25) is 0 Å². The molecule has 0 bridgehead atoms. The average Bonchev–Trinajstić information content (AvgIpc) is 3.03. The quantitative estimate of drug-likeness (QED) is 0.673. The van der Waals surface area contributed by atoms with Crippen LogP contribution in [0.15, 0.2) is 53.1 Å². The van der Waals surface area contributed by atoms with E-state index in [9.17, 15) is 14.7 Å². The Balaban J connectivity index is 1.59. The van der Waals surface area contributed by atoms with Crippen LogP contribution in [-0.4, -0.2) is 23.1 Å². The monoisotopic (exact) mass is 364 g/mol. The zero-order valence-electron chi connectivity index (χ0n) is 14.4. The van der Waals surface area contributed by atoms with Crippen molar-refractivity contribution in [2.45, 2.75) is 19.4 Å². The highest BCUT2D eigenvalue weighted by molar-refractivity contribution is 5.95. The van der Waals surface area contributed by atoms with E-state index in [4.69, 9.17) is 14.4 Å². The first-order chi connectivity index (χ1) is 13.0. The second kappa shape index (κ2) is 7.62. The fraction of sp³-hybridized carbons (Fsp3) is 0.150. The van der Waals surface area contributed by atoms with Crippen LogP contribution in [0.25, 0.3) is 11.0 Å². The predicted octanol–water partition coefficient (Wildman–Crippen LogP) is 3.12. The van der Waals surface area contributed by atoms with E-state index in [2.05, 4.69) is 5.32 Å². The Kier molecular flexibility index (Phi) is 5.08. The Morgan fingerprint density at radius 1 is 1.26 bits per heavy atom. The van der Waals surface area contributed by atoms with E-state index in [0.717, 1.165) is 0 Å². The van der Waals surface area contributed by atoms with Gasteiger partial charge in [0.05, 0.1) is 24.3 Å². The molecule has 0 aliphatic carbocycles. The summed E-state index contributed by atoms with van der Waals surface area (Å²) in [4.78, 5) is 24.3. The number of rotatable bonds is 5. The van der Waals surface area contributed by atoms with Gasteiger partial charge in [-0.15, -0.1) is 0 Å². The van der Waals surface area contributed by atoms with Crippen LogP contribution in [0.1, 0.15) is 18.1 Å². The standard InChI is InChI=1S/C20H16N2O5/c1-12(20(25)22-15-4-2-13(10-21)3-5-15)27-19(24)8-14-11-26-18-9-16(23)6-7-17(14)18/h2-7,9,11-12,23H,8H2,1H3,(H,22,25)/t12-/m0/s1. The molecule has 0 fully saturated rings. The summed E-state index contributed by atoms with van der Waals surface area (Å²) in [6.07, 6.45) is 0.370. The van der Waals surface area contributed by atoms with Gasteiger partial charge in [-0.25, -0.2) is 0 Å². The Morgan fingerprint density at radius 3 is 2.70 bits per heavy atom. The van der Waals surface area contributed by atoms with Crippen molar-refractivity contribution in [3.8, 4) is 11.8 Å². The number of hydrogen-bond acceptors (Lipinski definition) is 6. The molecule has 2 N–H and O–H groups in total. The minimum atomic E-state index is -0.990. The normalized spacial score (nSPS) is 11.6. The number of nitriles is 1. The molecular weight excluding hydrogens is 348 g/mol. The van der Waals surface area contributed by atoms with E-state index in [1.807, 2.05) is 6.07 Å². The van der Waals surface area contributed by atoms with Crippen LogP contribution in [0, 0.1) is 11.3 Å². The van der Waals surface area contributed by atoms with Gasteiger partial charge in [0.25, 0.3) is 5.91 Å². The molecule has 0 saturated heterocycles. The molecule has 0 saturated carbocycles. The Morgan fingerprint density at radius 2 is 2.00 bits per heavy atom. The Labute approximate surface area is 154 Å². The van der Waals surface area contributed by atoms with Crippen LogP contribution in [0.3, 0.4) is 0 Å². The van der Waals surface area contributed by atoms with E-state index in [1.54, 1.807) is 30.3 Å². The number of amides is 1. The van der Waals surface area contributed by atoms with Gasteiger partial charge in [0, 0.05) is 22.7 Å². The van der Waals surface area contributed by atoms with Gasteiger partial charge in [-0.1, -0.05) is 0 Å². The van der Waals surface area contributed by atoms with Crippen LogP contribution in [0.4, 0.5) is 5.69 Å². The number of nitrogens with one attached hydrogen (secondary N) is 1. The number of carbonyl (C=O) groups is 2. The van der Waals surface area contributed by atoms with Crippen molar-refractivity contribution in [3.63, 3.8) is 0 Å². The maximum Gasteiger partial charge on any atom is 0.311 e. The topological polar surface area (TPSA) is 113 Å². The first-order valence-corrected chi connectivity index (χ1v) is 8.16. The molecule has 1 aromatic heterocycles. The third kappa shape index (κ3) is 4.25. The van der Waals surface area contributed by atoms with Crippen LogP contribution >= 0.6 is 0 Å².